The van der Waals surface area contributed by atoms with Gasteiger partial charge in [-0.2, -0.15) is 0 Å². The maximum Gasteiger partial charge on any atom is 0.0497 e. The van der Waals surface area contributed by atoms with Crippen molar-refractivity contribution >= 4 is 0 Å². The zero-order chi connectivity index (χ0) is 12.5. The lowest BCUT2D eigenvalue weighted by Crippen LogP contribution is -2.34. The minimum absolute atomic E-state index is 0.791. The Morgan fingerprint density at radius 2 is 1.94 bits per heavy atom. The number of rotatable bonds is 8. The van der Waals surface area contributed by atoms with Crippen LogP contribution in [0, 0.1) is 17.8 Å². The van der Waals surface area contributed by atoms with Crippen molar-refractivity contribution in [2.75, 3.05) is 26.8 Å². The molecule has 0 bridgehead atoms. The van der Waals surface area contributed by atoms with E-state index in [4.69, 9.17) is 4.74 Å². The van der Waals surface area contributed by atoms with E-state index in [1.165, 1.54) is 38.6 Å². The monoisotopic (exact) mass is 241 g/mol. The van der Waals surface area contributed by atoms with Gasteiger partial charge in [-0.15, -0.1) is 0 Å². The predicted molar refractivity (Wildman–Crippen MR) is 74.3 cm³/mol. The van der Waals surface area contributed by atoms with Gasteiger partial charge in [0.2, 0.25) is 0 Å². The van der Waals surface area contributed by atoms with Crippen LogP contribution in [0.3, 0.4) is 0 Å². The molecular weight excluding hydrogens is 210 g/mol. The summed E-state index contributed by atoms with van der Waals surface area (Å²) in [5.74, 6) is 2.59. The van der Waals surface area contributed by atoms with Crippen molar-refractivity contribution in [1.29, 1.82) is 0 Å². The Balaban J connectivity index is 2.38. The third kappa shape index (κ3) is 5.39. The summed E-state index contributed by atoms with van der Waals surface area (Å²) in [6.45, 7) is 7.58. The zero-order valence-electron chi connectivity index (χ0n) is 12.0. The lowest BCUT2D eigenvalue weighted by Gasteiger charge is -2.36. The zero-order valence-corrected chi connectivity index (χ0v) is 12.0. The summed E-state index contributed by atoms with van der Waals surface area (Å²) in [6, 6.07) is 0. The standard InChI is InChI=1S/C15H31NO/c1-4-6-13-7-8-14(11-16-3)15(10-13)12-17-9-5-2/h13-16H,4-12H2,1-3H3. The maximum atomic E-state index is 5.80. The first-order valence-corrected chi connectivity index (χ1v) is 7.54. The minimum atomic E-state index is 0.791. The molecule has 2 heteroatoms. The fraction of sp³-hybridized carbons (Fsp3) is 1.00. The van der Waals surface area contributed by atoms with E-state index < -0.39 is 0 Å². The first-order valence-electron chi connectivity index (χ1n) is 7.54. The molecule has 17 heavy (non-hydrogen) atoms. The van der Waals surface area contributed by atoms with E-state index in [0.717, 1.165) is 37.4 Å². The van der Waals surface area contributed by atoms with Gasteiger partial charge in [0, 0.05) is 13.2 Å². The van der Waals surface area contributed by atoms with E-state index in [1.807, 2.05) is 0 Å². The molecule has 0 aromatic rings. The van der Waals surface area contributed by atoms with Crippen LogP contribution >= 0.6 is 0 Å². The molecular formula is C15H31NO. The van der Waals surface area contributed by atoms with Crippen LogP contribution < -0.4 is 5.32 Å². The van der Waals surface area contributed by atoms with Crippen molar-refractivity contribution < 1.29 is 4.74 Å². The van der Waals surface area contributed by atoms with Crippen LogP contribution in [0.1, 0.15) is 52.4 Å². The Bertz CT molecular complexity index is 184. The van der Waals surface area contributed by atoms with Crippen LogP contribution in [0.15, 0.2) is 0 Å². The topological polar surface area (TPSA) is 21.3 Å². The van der Waals surface area contributed by atoms with Gasteiger partial charge in [-0.1, -0.05) is 33.1 Å². The third-order valence-corrected chi connectivity index (χ3v) is 4.09. The quantitative estimate of drug-likeness (QED) is 0.657. The van der Waals surface area contributed by atoms with Gasteiger partial charge in [0.05, 0.1) is 0 Å². The molecule has 1 N–H and O–H groups in total. The summed E-state index contributed by atoms with van der Waals surface area (Å²) in [5, 5.41) is 3.35. The van der Waals surface area contributed by atoms with Gasteiger partial charge in [0.1, 0.15) is 0 Å². The number of hydrogen-bond acceptors (Lipinski definition) is 2. The molecule has 3 atom stereocenters. The highest BCUT2D eigenvalue weighted by atomic mass is 16.5. The van der Waals surface area contributed by atoms with Crippen molar-refractivity contribution in [1.82, 2.24) is 5.32 Å². The Hall–Kier alpha value is -0.0800. The predicted octanol–water partition coefficient (Wildman–Crippen LogP) is 3.47. The molecule has 0 aliphatic heterocycles. The van der Waals surface area contributed by atoms with Gasteiger partial charge >= 0.3 is 0 Å². The van der Waals surface area contributed by atoms with E-state index in [2.05, 4.69) is 26.2 Å². The summed E-state index contributed by atoms with van der Waals surface area (Å²) in [7, 11) is 2.07. The number of hydrogen-bond donors (Lipinski definition) is 1. The molecule has 1 aliphatic carbocycles. The van der Waals surface area contributed by atoms with E-state index in [9.17, 15) is 0 Å². The minimum Gasteiger partial charge on any atom is -0.381 e. The highest BCUT2D eigenvalue weighted by molar-refractivity contribution is 4.81. The Morgan fingerprint density at radius 3 is 2.59 bits per heavy atom. The maximum absolute atomic E-state index is 5.80. The van der Waals surface area contributed by atoms with E-state index in [0.29, 0.717) is 0 Å². The first kappa shape index (κ1) is 15.0. The van der Waals surface area contributed by atoms with E-state index in [-0.39, 0.29) is 0 Å². The summed E-state index contributed by atoms with van der Waals surface area (Å²) in [5.41, 5.74) is 0. The van der Waals surface area contributed by atoms with Crippen molar-refractivity contribution in [3.63, 3.8) is 0 Å². The van der Waals surface area contributed by atoms with Crippen LogP contribution in [0.2, 0.25) is 0 Å². The second kappa shape index (κ2) is 8.93. The molecule has 2 nitrogen and oxygen atoms in total. The molecule has 1 rings (SSSR count). The molecule has 0 aromatic carbocycles. The molecule has 3 unspecified atom stereocenters. The lowest BCUT2D eigenvalue weighted by molar-refractivity contribution is 0.0440. The van der Waals surface area contributed by atoms with Crippen molar-refractivity contribution in [2.45, 2.75) is 52.4 Å². The molecule has 1 fully saturated rings. The molecule has 0 saturated heterocycles. The third-order valence-electron chi connectivity index (χ3n) is 4.09. The van der Waals surface area contributed by atoms with E-state index in [1.54, 1.807) is 0 Å². The number of ether oxygens (including phenoxy) is 1. The van der Waals surface area contributed by atoms with Gasteiger partial charge in [-0.05, 0) is 50.6 Å². The fourth-order valence-corrected chi connectivity index (χ4v) is 3.21. The van der Waals surface area contributed by atoms with Crippen LogP contribution in [0.4, 0.5) is 0 Å². The van der Waals surface area contributed by atoms with Gasteiger partial charge in [0.15, 0.2) is 0 Å². The van der Waals surface area contributed by atoms with Crippen LogP contribution in [0.25, 0.3) is 0 Å². The second-order valence-electron chi connectivity index (χ2n) is 5.62. The van der Waals surface area contributed by atoms with Crippen LogP contribution in [-0.4, -0.2) is 26.8 Å². The molecule has 102 valence electrons. The molecule has 0 radical (unpaired) electrons. The SMILES string of the molecule is CCCOCC1CC(CCC)CCC1CNC. The van der Waals surface area contributed by atoms with Gasteiger partial charge in [-0.3, -0.25) is 0 Å². The molecule has 0 spiro atoms. The Labute approximate surface area is 108 Å². The average molecular weight is 241 g/mol. The smallest absolute Gasteiger partial charge is 0.0497 e. The van der Waals surface area contributed by atoms with Crippen LogP contribution in [0.5, 0.6) is 0 Å². The highest BCUT2D eigenvalue weighted by Gasteiger charge is 2.29. The summed E-state index contributed by atoms with van der Waals surface area (Å²) < 4.78 is 5.80. The fourth-order valence-electron chi connectivity index (χ4n) is 3.21. The Kier molecular flexibility index (Phi) is 7.87. The normalized spacial score (nSPS) is 29.5. The molecule has 0 amide bonds. The van der Waals surface area contributed by atoms with Crippen molar-refractivity contribution in [3.05, 3.63) is 0 Å². The van der Waals surface area contributed by atoms with Gasteiger partial charge in [-0.25, -0.2) is 0 Å². The second-order valence-corrected chi connectivity index (χ2v) is 5.62. The Morgan fingerprint density at radius 1 is 1.12 bits per heavy atom. The van der Waals surface area contributed by atoms with Crippen LogP contribution in [-0.2, 0) is 4.74 Å². The lowest BCUT2D eigenvalue weighted by atomic mass is 9.73. The van der Waals surface area contributed by atoms with Crippen molar-refractivity contribution in [3.8, 4) is 0 Å². The largest absolute Gasteiger partial charge is 0.381 e. The first-order chi connectivity index (χ1) is 8.31. The average Bonchev–Trinajstić information content (AvgIpc) is 2.33. The summed E-state index contributed by atoms with van der Waals surface area (Å²) in [4.78, 5) is 0. The van der Waals surface area contributed by atoms with E-state index >= 15 is 0 Å². The molecule has 0 aromatic heterocycles. The van der Waals surface area contributed by atoms with Gasteiger partial charge < -0.3 is 10.1 Å². The number of nitrogens with one attached hydrogen (secondary N) is 1. The molecule has 1 aliphatic rings. The molecule has 0 heterocycles. The van der Waals surface area contributed by atoms with Gasteiger partial charge in [0.25, 0.3) is 0 Å². The van der Waals surface area contributed by atoms with Crippen molar-refractivity contribution in [2.24, 2.45) is 17.8 Å². The summed E-state index contributed by atoms with van der Waals surface area (Å²) in [6.07, 6.45) is 8.11. The molecule has 1 saturated carbocycles. The summed E-state index contributed by atoms with van der Waals surface area (Å²) >= 11 is 0. The highest BCUT2D eigenvalue weighted by Crippen LogP contribution is 2.36.